The number of carbonyl (C=O) groups is 1. The first kappa shape index (κ1) is 25.2. The van der Waals surface area contributed by atoms with Crippen LogP contribution in [0.15, 0.2) is 84.9 Å². The summed E-state index contributed by atoms with van der Waals surface area (Å²) in [7, 11) is 0. The lowest BCUT2D eigenvalue weighted by molar-refractivity contribution is 0.194. The molecular formula is C30H32FN3O2. The molecular weight excluding hydrogens is 453 g/mol. The van der Waals surface area contributed by atoms with Gasteiger partial charge in [-0.15, -0.1) is 0 Å². The Morgan fingerprint density at radius 1 is 0.917 bits per heavy atom. The van der Waals surface area contributed by atoms with Gasteiger partial charge in [0.1, 0.15) is 5.82 Å². The molecule has 1 N–H and O–H groups in total. The van der Waals surface area contributed by atoms with E-state index in [1.165, 1.54) is 12.1 Å². The number of unbranched alkanes of at least 4 members (excludes halogenated alkanes) is 2. The highest BCUT2D eigenvalue weighted by Gasteiger charge is 2.18. The molecule has 1 atom stereocenters. The highest BCUT2D eigenvalue weighted by molar-refractivity contribution is 5.79. The molecule has 1 aromatic heterocycles. The quantitative estimate of drug-likeness (QED) is 0.238. The van der Waals surface area contributed by atoms with Crippen LogP contribution in [-0.4, -0.2) is 21.7 Å². The number of carbonyl (C=O) groups excluding carboxylic acids is 1. The van der Waals surface area contributed by atoms with Gasteiger partial charge in [0.25, 0.3) is 0 Å². The summed E-state index contributed by atoms with van der Waals surface area (Å²) in [5, 5.41) is 2.78. The summed E-state index contributed by atoms with van der Waals surface area (Å²) >= 11 is 0. The van der Waals surface area contributed by atoms with Crippen molar-refractivity contribution in [3.8, 4) is 28.3 Å². The number of hydrogen-bond acceptors (Lipinski definition) is 3. The Labute approximate surface area is 212 Å². The number of para-hydroxylation sites is 1. The Balaban J connectivity index is 1.32. The monoisotopic (exact) mass is 485 g/mol. The van der Waals surface area contributed by atoms with Gasteiger partial charge in [0, 0.05) is 23.7 Å². The molecule has 1 heterocycles. The number of halogens is 1. The van der Waals surface area contributed by atoms with Gasteiger partial charge in [0.15, 0.2) is 11.6 Å². The largest absolute Gasteiger partial charge is 0.412 e. The number of nitrogens with zero attached hydrogens (tertiary/aromatic N) is 2. The number of aryl methyl sites for hydroxylation is 1. The standard InChI is InChI=1S/C30H32FN3O2/c1-22(32-30(35)36-27-20-12-11-19-26(27)31)14-6-5-13-21-34-23(2)33-28(24-15-7-3-8-16-24)29(34)25-17-9-4-10-18-25/h3-4,7-12,15-20,22H,5-6,13-14,21H2,1-2H3,(H,32,35). The number of rotatable bonds is 10. The molecule has 5 nitrogen and oxygen atoms in total. The van der Waals surface area contributed by atoms with Crippen LogP contribution < -0.4 is 10.1 Å². The molecule has 1 unspecified atom stereocenters. The van der Waals surface area contributed by atoms with Gasteiger partial charge in [-0.05, 0) is 38.8 Å². The summed E-state index contributed by atoms with van der Waals surface area (Å²) in [5.74, 6) is 0.376. The molecule has 0 saturated heterocycles. The average molecular weight is 486 g/mol. The second kappa shape index (κ2) is 12.2. The fourth-order valence-corrected chi connectivity index (χ4v) is 4.35. The Morgan fingerprint density at radius 3 is 2.25 bits per heavy atom. The van der Waals surface area contributed by atoms with E-state index in [0.717, 1.165) is 60.6 Å². The van der Waals surface area contributed by atoms with Crippen molar-refractivity contribution in [2.75, 3.05) is 0 Å². The molecule has 1 amide bonds. The Bertz CT molecular complexity index is 1270. The number of benzene rings is 3. The smallest absolute Gasteiger partial charge is 0.407 e. The van der Waals surface area contributed by atoms with E-state index in [-0.39, 0.29) is 11.8 Å². The zero-order chi connectivity index (χ0) is 25.3. The number of ether oxygens (including phenoxy) is 1. The minimum Gasteiger partial charge on any atom is -0.407 e. The zero-order valence-corrected chi connectivity index (χ0v) is 20.8. The van der Waals surface area contributed by atoms with Gasteiger partial charge in [-0.25, -0.2) is 14.2 Å². The number of aromatic nitrogens is 2. The second-order valence-corrected chi connectivity index (χ2v) is 8.95. The van der Waals surface area contributed by atoms with Crippen molar-refractivity contribution >= 4 is 6.09 Å². The molecule has 6 heteroatoms. The molecule has 0 spiro atoms. The van der Waals surface area contributed by atoms with Gasteiger partial charge in [-0.3, -0.25) is 0 Å². The van der Waals surface area contributed by atoms with Crippen molar-refractivity contribution in [3.05, 3.63) is 96.6 Å². The van der Waals surface area contributed by atoms with E-state index < -0.39 is 11.9 Å². The third kappa shape index (κ3) is 6.39. The van der Waals surface area contributed by atoms with Crippen LogP contribution in [0.2, 0.25) is 0 Å². The van der Waals surface area contributed by atoms with Gasteiger partial charge in [0.05, 0.1) is 11.4 Å². The fourth-order valence-electron chi connectivity index (χ4n) is 4.35. The van der Waals surface area contributed by atoms with Crippen LogP contribution in [0.4, 0.5) is 9.18 Å². The molecule has 0 saturated carbocycles. The average Bonchev–Trinajstić information content (AvgIpc) is 3.22. The number of nitrogens with one attached hydrogen (secondary N) is 1. The lowest BCUT2D eigenvalue weighted by Gasteiger charge is -2.15. The molecule has 0 radical (unpaired) electrons. The van der Waals surface area contributed by atoms with Crippen molar-refractivity contribution < 1.29 is 13.9 Å². The van der Waals surface area contributed by atoms with Crippen LogP contribution in [0.5, 0.6) is 5.75 Å². The predicted octanol–water partition coefficient (Wildman–Crippen LogP) is 7.40. The molecule has 4 rings (SSSR count). The van der Waals surface area contributed by atoms with E-state index in [4.69, 9.17) is 9.72 Å². The van der Waals surface area contributed by atoms with Gasteiger partial charge in [-0.2, -0.15) is 0 Å². The van der Waals surface area contributed by atoms with Gasteiger partial charge < -0.3 is 14.6 Å². The van der Waals surface area contributed by atoms with Crippen LogP contribution in [0.1, 0.15) is 38.4 Å². The minimum atomic E-state index is -0.636. The maximum absolute atomic E-state index is 13.7. The van der Waals surface area contributed by atoms with E-state index in [1.54, 1.807) is 12.1 Å². The number of amides is 1. The third-order valence-corrected chi connectivity index (χ3v) is 6.18. The molecule has 0 aliphatic rings. The summed E-state index contributed by atoms with van der Waals surface area (Å²) in [6.07, 6.45) is 3.15. The van der Waals surface area contributed by atoms with Gasteiger partial charge >= 0.3 is 6.09 Å². The van der Waals surface area contributed by atoms with Crippen LogP contribution in [0, 0.1) is 12.7 Å². The maximum atomic E-state index is 13.7. The normalized spacial score (nSPS) is 11.8. The Hall–Kier alpha value is -3.93. The lowest BCUT2D eigenvalue weighted by atomic mass is 10.0. The van der Waals surface area contributed by atoms with Crippen LogP contribution in [0.3, 0.4) is 0 Å². The highest BCUT2D eigenvalue weighted by atomic mass is 19.1. The maximum Gasteiger partial charge on any atom is 0.412 e. The SMILES string of the molecule is Cc1nc(-c2ccccc2)c(-c2ccccc2)n1CCCCCC(C)NC(=O)Oc1ccccc1F. The minimum absolute atomic E-state index is 0.0659. The fraction of sp³-hybridized carbons (Fsp3) is 0.267. The van der Waals surface area contributed by atoms with Crippen molar-refractivity contribution in [2.45, 2.75) is 52.1 Å². The zero-order valence-electron chi connectivity index (χ0n) is 20.8. The molecule has 0 aliphatic carbocycles. The van der Waals surface area contributed by atoms with Crippen LogP contribution in [0.25, 0.3) is 22.5 Å². The third-order valence-electron chi connectivity index (χ3n) is 6.18. The van der Waals surface area contributed by atoms with Crippen molar-refractivity contribution in [1.82, 2.24) is 14.9 Å². The molecule has 186 valence electrons. The van der Waals surface area contributed by atoms with Crippen molar-refractivity contribution in [1.29, 1.82) is 0 Å². The van der Waals surface area contributed by atoms with Crippen molar-refractivity contribution in [2.24, 2.45) is 0 Å². The summed E-state index contributed by atoms with van der Waals surface area (Å²) in [4.78, 5) is 17.0. The van der Waals surface area contributed by atoms with Crippen LogP contribution in [-0.2, 0) is 6.54 Å². The molecule has 3 aromatic carbocycles. The Morgan fingerprint density at radius 2 is 1.56 bits per heavy atom. The van der Waals surface area contributed by atoms with E-state index >= 15 is 0 Å². The molecule has 0 bridgehead atoms. The summed E-state index contributed by atoms with van der Waals surface area (Å²) in [6.45, 7) is 4.86. The summed E-state index contributed by atoms with van der Waals surface area (Å²) in [6, 6.07) is 26.5. The van der Waals surface area contributed by atoms with E-state index in [2.05, 4.69) is 53.2 Å². The van der Waals surface area contributed by atoms with Gasteiger partial charge in [0.2, 0.25) is 0 Å². The predicted molar refractivity (Wildman–Crippen MR) is 141 cm³/mol. The summed E-state index contributed by atoms with van der Waals surface area (Å²) < 4.78 is 21.1. The molecule has 0 aliphatic heterocycles. The van der Waals surface area contributed by atoms with E-state index in [0.29, 0.717) is 0 Å². The first-order valence-corrected chi connectivity index (χ1v) is 12.4. The van der Waals surface area contributed by atoms with E-state index in [9.17, 15) is 9.18 Å². The Kier molecular flexibility index (Phi) is 8.50. The van der Waals surface area contributed by atoms with E-state index in [1.807, 2.05) is 31.2 Å². The topological polar surface area (TPSA) is 56.2 Å². The lowest BCUT2D eigenvalue weighted by Crippen LogP contribution is -2.34. The second-order valence-electron chi connectivity index (χ2n) is 8.95. The van der Waals surface area contributed by atoms with Crippen molar-refractivity contribution in [3.63, 3.8) is 0 Å². The highest BCUT2D eigenvalue weighted by Crippen LogP contribution is 2.33. The van der Waals surface area contributed by atoms with Crippen LogP contribution >= 0.6 is 0 Å². The van der Waals surface area contributed by atoms with Gasteiger partial charge in [-0.1, -0.05) is 85.6 Å². The number of imidazole rings is 1. The number of hydrogen-bond donors (Lipinski definition) is 1. The summed E-state index contributed by atoms with van der Waals surface area (Å²) in [5.41, 5.74) is 4.42. The first-order valence-electron chi connectivity index (χ1n) is 12.4. The molecule has 36 heavy (non-hydrogen) atoms. The first-order chi connectivity index (χ1) is 17.5. The molecule has 0 fully saturated rings. The molecule has 4 aromatic rings.